The van der Waals surface area contributed by atoms with Crippen molar-refractivity contribution in [1.82, 2.24) is 19.5 Å². The van der Waals surface area contributed by atoms with Gasteiger partial charge in [0.1, 0.15) is 0 Å². The van der Waals surface area contributed by atoms with E-state index in [0.717, 1.165) is 50.2 Å². The Labute approximate surface area is 400 Å². The quantitative estimate of drug-likeness (QED) is 0.143. The van der Waals surface area contributed by atoms with Gasteiger partial charge in [0.2, 0.25) is 0 Å². The van der Waals surface area contributed by atoms with E-state index >= 15 is 0 Å². The normalized spacial score (nSPS) is 11.5. The van der Waals surface area contributed by atoms with Gasteiger partial charge >= 0.3 is 0 Å². The van der Waals surface area contributed by atoms with Gasteiger partial charge in [0, 0.05) is 33.2 Å². The highest BCUT2D eigenvalue weighted by Gasteiger charge is 2.17. The molecule has 13 rings (SSSR count). The van der Waals surface area contributed by atoms with Crippen LogP contribution in [0.25, 0.3) is 128 Å². The third-order valence-electron chi connectivity index (χ3n) is 13.4. The molecule has 0 N–H and O–H groups in total. The standard InChI is InChI=1S/C65H42N4/c1-2-15-43(16-3-1)48-18-12-19-49(39-48)44-31-35-46(36-32-44)63-66-64(68-65(67-63)53-22-13-21-51(40-53)60-42-52-17-4-5-24-55(52)56-25-6-7-26-57(56)60)47-37-33-45(34-38-47)50-20-14-23-54(41-50)69-61-29-10-8-27-58(61)59-28-9-11-30-62(59)69/h1-42H. The van der Waals surface area contributed by atoms with Gasteiger partial charge in [-0.05, 0) is 109 Å². The lowest BCUT2D eigenvalue weighted by molar-refractivity contribution is 1.07. The first kappa shape index (κ1) is 40.1. The second kappa shape index (κ2) is 16.9. The van der Waals surface area contributed by atoms with Crippen molar-refractivity contribution in [2.24, 2.45) is 0 Å². The summed E-state index contributed by atoms with van der Waals surface area (Å²) in [5, 5.41) is 7.39. The summed E-state index contributed by atoms with van der Waals surface area (Å²) in [6.07, 6.45) is 0. The van der Waals surface area contributed by atoms with Crippen molar-refractivity contribution in [3.8, 4) is 84.4 Å². The molecule has 2 aromatic heterocycles. The van der Waals surface area contributed by atoms with Crippen LogP contribution in [0, 0.1) is 0 Å². The molecule has 0 spiro atoms. The molecule has 0 amide bonds. The molecule has 0 saturated carbocycles. The maximum Gasteiger partial charge on any atom is 0.164 e. The smallest absolute Gasteiger partial charge is 0.164 e. The fourth-order valence-corrected chi connectivity index (χ4v) is 10.0. The molecule has 0 radical (unpaired) electrons. The Hall–Kier alpha value is -9.25. The van der Waals surface area contributed by atoms with E-state index in [1.165, 1.54) is 60.0 Å². The molecule has 69 heavy (non-hydrogen) atoms. The highest BCUT2D eigenvalue weighted by atomic mass is 15.0. The molecule has 0 fully saturated rings. The van der Waals surface area contributed by atoms with Crippen molar-refractivity contribution in [3.05, 3.63) is 255 Å². The average molecular weight is 879 g/mol. The van der Waals surface area contributed by atoms with Crippen LogP contribution in [-0.2, 0) is 0 Å². The Morgan fingerprint density at radius 2 is 0.638 bits per heavy atom. The van der Waals surface area contributed by atoms with Crippen LogP contribution in [0.3, 0.4) is 0 Å². The molecule has 322 valence electrons. The lowest BCUT2D eigenvalue weighted by Gasteiger charge is -2.13. The summed E-state index contributed by atoms with van der Waals surface area (Å²) in [5.41, 5.74) is 15.4. The first-order valence-electron chi connectivity index (χ1n) is 23.4. The molecule has 0 bridgehead atoms. The molecule has 0 aliphatic rings. The van der Waals surface area contributed by atoms with Crippen molar-refractivity contribution in [2.75, 3.05) is 0 Å². The van der Waals surface area contributed by atoms with Gasteiger partial charge in [-0.3, -0.25) is 0 Å². The fourth-order valence-electron chi connectivity index (χ4n) is 10.0. The van der Waals surface area contributed by atoms with Crippen LogP contribution in [-0.4, -0.2) is 19.5 Å². The number of rotatable bonds is 8. The second-order valence-electron chi connectivity index (χ2n) is 17.6. The van der Waals surface area contributed by atoms with Crippen molar-refractivity contribution < 1.29 is 0 Å². The second-order valence-corrected chi connectivity index (χ2v) is 17.6. The maximum absolute atomic E-state index is 5.23. The molecule has 13 aromatic rings. The molecule has 0 saturated heterocycles. The summed E-state index contributed by atoms with van der Waals surface area (Å²) in [4.78, 5) is 15.6. The monoisotopic (exact) mass is 878 g/mol. The topological polar surface area (TPSA) is 43.6 Å². The summed E-state index contributed by atoms with van der Waals surface area (Å²) < 4.78 is 2.36. The minimum absolute atomic E-state index is 0.613. The molecular formula is C65H42N4. The van der Waals surface area contributed by atoms with E-state index in [4.69, 9.17) is 15.0 Å². The van der Waals surface area contributed by atoms with E-state index in [1.54, 1.807) is 0 Å². The largest absolute Gasteiger partial charge is 0.309 e. The van der Waals surface area contributed by atoms with E-state index in [9.17, 15) is 0 Å². The SMILES string of the molecule is c1ccc(-c2cccc(-c3ccc(-c4nc(-c5ccc(-c6cccc(-n7c8ccccc8c8ccccc87)c6)cc5)nc(-c5cccc(-c6cc7ccccc7c7ccccc67)c5)n4)cc3)c2)cc1. The zero-order valence-corrected chi connectivity index (χ0v) is 37.5. The first-order valence-corrected chi connectivity index (χ1v) is 23.4. The van der Waals surface area contributed by atoms with Crippen LogP contribution in [0.2, 0.25) is 0 Å². The van der Waals surface area contributed by atoms with Gasteiger partial charge in [-0.15, -0.1) is 0 Å². The van der Waals surface area contributed by atoms with Gasteiger partial charge in [-0.2, -0.15) is 0 Å². The Bertz CT molecular complexity index is 4000. The summed E-state index contributed by atoms with van der Waals surface area (Å²) in [7, 11) is 0. The highest BCUT2D eigenvalue weighted by Crippen LogP contribution is 2.38. The number of aromatic nitrogens is 4. The van der Waals surface area contributed by atoms with Crippen LogP contribution in [0.5, 0.6) is 0 Å². The van der Waals surface area contributed by atoms with Gasteiger partial charge in [-0.1, -0.05) is 212 Å². The van der Waals surface area contributed by atoms with Crippen LogP contribution in [0.4, 0.5) is 0 Å². The number of fused-ring (bicyclic) bond motifs is 6. The fraction of sp³-hybridized carbons (Fsp3) is 0. The van der Waals surface area contributed by atoms with Crippen molar-refractivity contribution in [2.45, 2.75) is 0 Å². The molecule has 11 aromatic carbocycles. The van der Waals surface area contributed by atoms with Crippen LogP contribution < -0.4 is 0 Å². The number of hydrogen-bond donors (Lipinski definition) is 0. The molecule has 0 unspecified atom stereocenters. The summed E-state index contributed by atoms with van der Waals surface area (Å²) in [6, 6.07) is 90.7. The number of nitrogens with zero attached hydrogens (tertiary/aromatic N) is 4. The molecule has 2 heterocycles. The third-order valence-corrected chi connectivity index (χ3v) is 13.4. The van der Waals surface area contributed by atoms with E-state index in [-0.39, 0.29) is 0 Å². The molecule has 4 nitrogen and oxygen atoms in total. The molecule has 0 aliphatic carbocycles. The van der Waals surface area contributed by atoms with Gasteiger partial charge in [0.25, 0.3) is 0 Å². The Balaban J connectivity index is 0.898. The summed E-state index contributed by atoms with van der Waals surface area (Å²) in [6.45, 7) is 0. The van der Waals surface area contributed by atoms with E-state index in [0.29, 0.717) is 17.5 Å². The lowest BCUT2D eigenvalue weighted by atomic mass is 9.92. The third kappa shape index (κ3) is 7.32. The zero-order chi connectivity index (χ0) is 45.7. The zero-order valence-electron chi connectivity index (χ0n) is 37.5. The van der Waals surface area contributed by atoms with Crippen LogP contribution in [0.1, 0.15) is 0 Å². The van der Waals surface area contributed by atoms with Crippen molar-refractivity contribution in [3.63, 3.8) is 0 Å². The molecule has 4 heteroatoms. The van der Waals surface area contributed by atoms with Crippen LogP contribution in [0.15, 0.2) is 255 Å². The van der Waals surface area contributed by atoms with Gasteiger partial charge in [0.05, 0.1) is 11.0 Å². The predicted molar refractivity (Wildman–Crippen MR) is 287 cm³/mol. The number of benzene rings is 11. The van der Waals surface area contributed by atoms with Gasteiger partial charge < -0.3 is 4.57 Å². The average Bonchev–Trinajstić information content (AvgIpc) is 3.77. The molecular weight excluding hydrogens is 837 g/mol. The predicted octanol–water partition coefficient (Wildman–Crippen LogP) is 16.9. The summed E-state index contributed by atoms with van der Waals surface area (Å²) >= 11 is 0. The van der Waals surface area contributed by atoms with Crippen molar-refractivity contribution >= 4 is 43.4 Å². The Kier molecular flexibility index (Phi) is 9.80. The van der Waals surface area contributed by atoms with Crippen LogP contribution >= 0.6 is 0 Å². The minimum atomic E-state index is 0.613. The maximum atomic E-state index is 5.23. The van der Waals surface area contributed by atoms with Gasteiger partial charge in [0.15, 0.2) is 17.5 Å². The van der Waals surface area contributed by atoms with E-state index in [2.05, 4.69) is 259 Å². The number of hydrogen-bond acceptors (Lipinski definition) is 3. The Morgan fingerprint density at radius 3 is 1.26 bits per heavy atom. The minimum Gasteiger partial charge on any atom is -0.309 e. The molecule has 0 atom stereocenters. The lowest BCUT2D eigenvalue weighted by Crippen LogP contribution is -2.00. The van der Waals surface area contributed by atoms with Crippen molar-refractivity contribution in [1.29, 1.82) is 0 Å². The van der Waals surface area contributed by atoms with E-state index < -0.39 is 0 Å². The van der Waals surface area contributed by atoms with E-state index in [1.807, 2.05) is 0 Å². The Morgan fingerprint density at radius 1 is 0.232 bits per heavy atom. The van der Waals surface area contributed by atoms with Gasteiger partial charge in [-0.25, -0.2) is 15.0 Å². The summed E-state index contributed by atoms with van der Waals surface area (Å²) in [5.74, 6) is 1.84. The first-order chi connectivity index (χ1) is 34.2. The number of para-hydroxylation sites is 2. The highest BCUT2D eigenvalue weighted by molar-refractivity contribution is 6.14. The molecule has 0 aliphatic heterocycles.